The van der Waals surface area contributed by atoms with Crippen molar-refractivity contribution in [3.8, 4) is 11.6 Å². The van der Waals surface area contributed by atoms with Crippen molar-refractivity contribution in [1.82, 2.24) is 15.3 Å². The highest BCUT2D eigenvalue weighted by molar-refractivity contribution is 9.10. The highest BCUT2D eigenvalue weighted by Crippen LogP contribution is 2.24. The second kappa shape index (κ2) is 5.88. The van der Waals surface area contributed by atoms with Crippen molar-refractivity contribution < 1.29 is 9.13 Å². The Morgan fingerprint density at radius 1 is 1.33 bits per heavy atom. The lowest BCUT2D eigenvalue weighted by atomic mass is 10.2. The van der Waals surface area contributed by atoms with Crippen LogP contribution in [-0.2, 0) is 6.54 Å². The van der Waals surface area contributed by atoms with Gasteiger partial charge in [-0.3, -0.25) is 4.98 Å². The summed E-state index contributed by atoms with van der Waals surface area (Å²) in [6, 6.07) is 3.16. The van der Waals surface area contributed by atoms with E-state index in [-0.39, 0.29) is 5.82 Å². The molecule has 0 aliphatic carbocycles. The topological polar surface area (TPSA) is 47.0 Å². The van der Waals surface area contributed by atoms with E-state index in [1.165, 1.54) is 6.07 Å². The van der Waals surface area contributed by atoms with Gasteiger partial charge in [-0.15, -0.1) is 0 Å². The van der Waals surface area contributed by atoms with Gasteiger partial charge in [0.2, 0.25) is 5.88 Å². The average Bonchev–Trinajstić information content (AvgIpc) is 2.33. The van der Waals surface area contributed by atoms with Crippen LogP contribution in [0.4, 0.5) is 4.39 Å². The van der Waals surface area contributed by atoms with E-state index in [9.17, 15) is 4.39 Å². The molecule has 0 bridgehead atoms. The Morgan fingerprint density at radius 3 is 2.89 bits per heavy atom. The first-order valence-electron chi connectivity index (χ1n) is 5.26. The Morgan fingerprint density at radius 2 is 2.17 bits per heavy atom. The minimum Gasteiger partial charge on any atom is -0.437 e. The molecule has 0 spiro atoms. The van der Waals surface area contributed by atoms with E-state index in [1.807, 2.05) is 0 Å². The van der Waals surface area contributed by atoms with Gasteiger partial charge in [-0.25, -0.2) is 9.37 Å². The Balaban J connectivity index is 2.28. The largest absolute Gasteiger partial charge is 0.437 e. The van der Waals surface area contributed by atoms with Crippen LogP contribution in [0.3, 0.4) is 0 Å². The molecule has 0 aliphatic heterocycles. The molecular weight excluding hydrogens is 301 g/mol. The first-order chi connectivity index (χ1) is 8.69. The maximum Gasteiger partial charge on any atom is 0.223 e. The molecule has 4 nitrogen and oxygen atoms in total. The molecule has 94 valence electrons. The van der Waals surface area contributed by atoms with Crippen molar-refractivity contribution >= 4 is 15.9 Å². The van der Waals surface area contributed by atoms with Crippen molar-refractivity contribution in [2.24, 2.45) is 0 Å². The molecule has 0 radical (unpaired) electrons. The zero-order valence-electron chi connectivity index (χ0n) is 9.65. The molecule has 2 aromatic rings. The summed E-state index contributed by atoms with van der Waals surface area (Å²) in [5.41, 5.74) is 0.650. The fourth-order valence-electron chi connectivity index (χ4n) is 1.44. The summed E-state index contributed by atoms with van der Waals surface area (Å²) in [6.45, 7) is 0.474. The van der Waals surface area contributed by atoms with E-state index in [2.05, 4.69) is 31.2 Å². The predicted molar refractivity (Wildman–Crippen MR) is 69.0 cm³/mol. The zero-order valence-corrected chi connectivity index (χ0v) is 11.2. The third-order valence-corrected chi connectivity index (χ3v) is 2.59. The highest BCUT2D eigenvalue weighted by Gasteiger charge is 2.08. The van der Waals surface area contributed by atoms with Gasteiger partial charge in [0.25, 0.3) is 0 Å². The van der Waals surface area contributed by atoms with Crippen LogP contribution in [0.25, 0.3) is 0 Å². The minimum atomic E-state index is -0.389. The summed E-state index contributed by atoms with van der Waals surface area (Å²) in [5, 5.41) is 2.94. The van der Waals surface area contributed by atoms with Gasteiger partial charge in [0, 0.05) is 22.8 Å². The molecule has 0 saturated heterocycles. The molecular formula is C12H11BrFN3O. The van der Waals surface area contributed by atoms with Crippen molar-refractivity contribution in [3.05, 3.63) is 46.6 Å². The molecule has 0 atom stereocenters. The van der Waals surface area contributed by atoms with E-state index in [4.69, 9.17) is 4.74 Å². The van der Waals surface area contributed by atoms with Gasteiger partial charge in [0.15, 0.2) is 0 Å². The molecule has 0 fully saturated rings. The van der Waals surface area contributed by atoms with E-state index in [1.54, 1.807) is 25.5 Å². The molecule has 1 N–H and O–H groups in total. The number of hydrogen-bond donors (Lipinski definition) is 1. The van der Waals surface area contributed by atoms with Gasteiger partial charge < -0.3 is 10.1 Å². The van der Waals surface area contributed by atoms with E-state index >= 15 is 0 Å². The Hall–Kier alpha value is -1.53. The van der Waals surface area contributed by atoms with Crippen molar-refractivity contribution in [3.63, 3.8) is 0 Å². The van der Waals surface area contributed by atoms with Crippen LogP contribution < -0.4 is 10.1 Å². The van der Waals surface area contributed by atoms with Crippen LogP contribution >= 0.6 is 15.9 Å². The molecule has 2 rings (SSSR count). The highest BCUT2D eigenvalue weighted by atomic mass is 79.9. The van der Waals surface area contributed by atoms with Crippen LogP contribution in [0.15, 0.2) is 35.2 Å². The van der Waals surface area contributed by atoms with Crippen molar-refractivity contribution in [2.75, 3.05) is 7.05 Å². The summed E-state index contributed by atoms with van der Waals surface area (Å²) in [4.78, 5) is 7.93. The normalized spacial score (nSPS) is 10.4. The quantitative estimate of drug-likeness (QED) is 0.943. The SMILES string of the molecule is CNCc1cc(F)cnc1Oc1cncc(Br)c1. The molecule has 0 amide bonds. The first-order valence-corrected chi connectivity index (χ1v) is 6.06. The number of nitrogens with zero attached hydrogens (tertiary/aromatic N) is 2. The van der Waals surface area contributed by atoms with E-state index in [0.717, 1.165) is 10.7 Å². The predicted octanol–water partition coefficient (Wildman–Crippen LogP) is 2.89. The van der Waals surface area contributed by atoms with Crippen LogP contribution in [0.5, 0.6) is 11.6 Å². The summed E-state index contributed by atoms with van der Waals surface area (Å²) in [5.74, 6) is 0.520. The molecule has 2 heterocycles. The number of ether oxygens (including phenoxy) is 1. The van der Waals surface area contributed by atoms with Gasteiger partial charge in [0.05, 0.1) is 12.4 Å². The van der Waals surface area contributed by atoms with Crippen LogP contribution in [0, 0.1) is 5.82 Å². The molecule has 6 heteroatoms. The third kappa shape index (κ3) is 3.24. The summed E-state index contributed by atoms with van der Waals surface area (Å²) in [7, 11) is 1.77. The standard InChI is InChI=1S/C12H11BrFN3O/c1-15-4-8-2-10(14)6-17-12(8)18-11-3-9(13)5-16-7-11/h2-3,5-7,15H,4H2,1H3. The minimum absolute atomic E-state index is 0.366. The maximum atomic E-state index is 13.1. The van der Waals surface area contributed by atoms with Crippen molar-refractivity contribution in [1.29, 1.82) is 0 Å². The summed E-state index contributed by atoms with van der Waals surface area (Å²) < 4.78 is 19.5. The fourth-order valence-corrected chi connectivity index (χ4v) is 1.78. The Kier molecular flexibility index (Phi) is 4.22. The van der Waals surface area contributed by atoms with Gasteiger partial charge in [-0.2, -0.15) is 0 Å². The van der Waals surface area contributed by atoms with Crippen LogP contribution in [-0.4, -0.2) is 17.0 Å². The van der Waals surface area contributed by atoms with Crippen molar-refractivity contribution in [2.45, 2.75) is 6.54 Å². The molecule has 18 heavy (non-hydrogen) atoms. The van der Waals surface area contributed by atoms with Gasteiger partial charge >= 0.3 is 0 Å². The van der Waals surface area contributed by atoms with Crippen LogP contribution in [0.2, 0.25) is 0 Å². The molecule has 0 saturated carbocycles. The zero-order chi connectivity index (χ0) is 13.0. The Bertz CT molecular complexity index is 551. The average molecular weight is 312 g/mol. The summed E-state index contributed by atoms with van der Waals surface area (Å²) >= 11 is 3.30. The first kappa shape index (κ1) is 12.9. The smallest absolute Gasteiger partial charge is 0.223 e. The number of pyridine rings is 2. The molecule has 2 aromatic heterocycles. The number of hydrogen-bond acceptors (Lipinski definition) is 4. The number of nitrogens with one attached hydrogen (secondary N) is 1. The second-order valence-electron chi connectivity index (χ2n) is 3.59. The molecule has 0 aromatic carbocycles. The van der Waals surface area contributed by atoms with E-state index < -0.39 is 0 Å². The number of aromatic nitrogens is 2. The Labute approximate surface area is 112 Å². The monoisotopic (exact) mass is 311 g/mol. The lowest BCUT2D eigenvalue weighted by molar-refractivity contribution is 0.447. The lowest BCUT2D eigenvalue weighted by Crippen LogP contribution is -2.07. The maximum absolute atomic E-state index is 13.1. The lowest BCUT2D eigenvalue weighted by Gasteiger charge is -2.09. The van der Waals surface area contributed by atoms with Gasteiger partial charge in [-0.1, -0.05) is 0 Å². The number of rotatable bonds is 4. The third-order valence-electron chi connectivity index (χ3n) is 2.15. The summed E-state index contributed by atoms with van der Waals surface area (Å²) in [6.07, 6.45) is 4.35. The molecule has 0 unspecified atom stereocenters. The molecule has 0 aliphatic rings. The number of halogens is 2. The van der Waals surface area contributed by atoms with E-state index in [0.29, 0.717) is 23.7 Å². The van der Waals surface area contributed by atoms with Gasteiger partial charge in [0.1, 0.15) is 11.6 Å². The fraction of sp³-hybridized carbons (Fsp3) is 0.167. The second-order valence-corrected chi connectivity index (χ2v) is 4.50. The van der Waals surface area contributed by atoms with Gasteiger partial charge in [-0.05, 0) is 35.1 Å². The van der Waals surface area contributed by atoms with Crippen LogP contribution in [0.1, 0.15) is 5.56 Å².